The third kappa shape index (κ3) is 5.25. The van der Waals surface area contributed by atoms with Gasteiger partial charge in [0.25, 0.3) is 5.91 Å². The summed E-state index contributed by atoms with van der Waals surface area (Å²) in [6, 6.07) is 17.3. The molecule has 0 unspecified atom stereocenters. The number of benzene rings is 3. The average Bonchev–Trinajstić information content (AvgIpc) is 2.88. The molecule has 4 aromatic rings. The van der Waals surface area contributed by atoms with Crippen LogP contribution in [-0.4, -0.2) is 26.7 Å². The number of anilines is 1. The van der Waals surface area contributed by atoms with Crippen molar-refractivity contribution in [1.29, 1.82) is 0 Å². The number of nitrogens with one attached hydrogen (secondary N) is 1. The molecule has 0 spiro atoms. The molecule has 3 aromatic carbocycles. The molecule has 180 valence electrons. The molecule has 0 aliphatic heterocycles. The molecular formula is C27H24ClNO6. The zero-order chi connectivity index (χ0) is 24.9. The number of aryl methyl sites for hydroxylation is 1. The number of carbonyl (C=O) groups excluding carboxylic acids is 1. The number of halogens is 1. The maximum atomic E-state index is 13.4. The van der Waals surface area contributed by atoms with Gasteiger partial charge in [0.15, 0.2) is 23.9 Å². The van der Waals surface area contributed by atoms with E-state index in [1.54, 1.807) is 30.3 Å². The van der Waals surface area contributed by atoms with Crippen LogP contribution in [0.3, 0.4) is 0 Å². The van der Waals surface area contributed by atoms with E-state index in [9.17, 15) is 9.59 Å². The predicted molar refractivity (Wildman–Crippen MR) is 136 cm³/mol. The van der Waals surface area contributed by atoms with Crippen LogP contribution in [0.1, 0.15) is 12.5 Å². The Morgan fingerprint density at radius 3 is 2.40 bits per heavy atom. The molecule has 7 nitrogen and oxygen atoms in total. The first-order chi connectivity index (χ1) is 16.9. The van der Waals surface area contributed by atoms with Crippen LogP contribution in [0.4, 0.5) is 5.69 Å². The van der Waals surface area contributed by atoms with Gasteiger partial charge in [0.1, 0.15) is 5.58 Å². The maximum absolute atomic E-state index is 13.4. The van der Waals surface area contributed by atoms with E-state index in [1.807, 2.05) is 24.3 Å². The molecule has 0 saturated heterocycles. The van der Waals surface area contributed by atoms with Gasteiger partial charge < -0.3 is 23.9 Å². The fourth-order valence-corrected chi connectivity index (χ4v) is 3.78. The summed E-state index contributed by atoms with van der Waals surface area (Å²) in [7, 11) is 3.04. The topological polar surface area (TPSA) is 87.0 Å². The molecule has 1 amide bonds. The number of amides is 1. The lowest BCUT2D eigenvalue weighted by Gasteiger charge is -2.14. The van der Waals surface area contributed by atoms with E-state index in [0.717, 1.165) is 12.0 Å². The molecule has 1 heterocycles. The highest BCUT2D eigenvalue weighted by Gasteiger charge is 2.20. The highest BCUT2D eigenvalue weighted by molar-refractivity contribution is 6.31. The van der Waals surface area contributed by atoms with E-state index in [1.165, 1.54) is 20.3 Å². The van der Waals surface area contributed by atoms with Crippen LogP contribution < -0.4 is 25.0 Å². The lowest BCUT2D eigenvalue weighted by Crippen LogP contribution is -2.22. The average molecular weight is 494 g/mol. The van der Waals surface area contributed by atoms with Gasteiger partial charge in [-0.3, -0.25) is 9.59 Å². The molecule has 0 aliphatic rings. The fraction of sp³-hybridized carbons (Fsp3) is 0.185. The van der Waals surface area contributed by atoms with Crippen LogP contribution in [0.5, 0.6) is 17.2 Å². The standard InChI is InChI=1S/C27H24ClNO6/c1-4-16-5-9-19(10-6-16)29-24(30)15-34-27-25(31)20-14-18(28)8-12-21(20)35-26(27)17-7-11-22(32-2)23(13-17)33-3/h5-14H,4,15H2,1-3H3,(H,29,30). The Hall–Kier alpha value is -3.97. The molecule has 1 aromatic heterocycles. The normalized spacial score (nSPS) is 10.7. The predicted octanol–water partition coefficient (Wildman–Crippen LogP) is 5.71. The summed E-state index contributed by atoms with van der Waals surface area (Å²) in [4.78, 5) is 25.9. The van der Waals surface area contributed by atoms with Gasteiger partial charge in [-0.15, -0.1) is 0 Å². The van der Waals surface area contributed by atoms with E-state index in [2.05, 4.69) is 12.2 Å². The Kier molecular flexibility index (Phi) is 7.27. The van der Waals surface area contributed by atoms with Crippen molar-refractivity contribution in [2.75, 3.05) is 26.1 Å². The van der Waals surface area contributed by atoms with Crippen molar-refractivity contribution in [1.82, 2.24) is 0 Å². The number of carbonyl (C=O) groups is 1. The molecule has 35 heavy (non-hydrogen) atoms. The van der Waals surface area contributed by atoms with Crippen LogP contribution in [0, 0.1) is 0 Å². The highest BCUT2D eigenvalue weighted by Crippen LogP contribution is 2.37. The van der Waals surface area contributed by atoms with E-state index in [4.69, 9.17) is 30.2 Å². The van der Waals surface area contributed by atoms with Crippen molar-refractivity contribution in [3.8, 4) is 28.6 Å². The zero-order valence-electron chi connectivity index (χ0n) is 19.5. The fourth-order valence-electron chi connectivity index (χ4n) is 3.61. The van der Waals surface area contributed by atoms with Gasteiger partial charge in [0.05, 0.1) is 19.6 Å². The summed E-state index contributed by atoms with van der Waals surface area (Å²) in [5.74, 6) is 0.595. The highest BCUT2D eigenvalue weighted by atomic mass is 35.5. The Bertz CT molecular complexity index is 1430. The van der Waals surface area contributed by atoms with Gasteiger partial charge >= 0.3 is 0 Å². The first kappa shape index (κ1) is 24.2. The van der Waals surface area contributed by atoms with E-state index < -0.39 is 17.9 Å². The largest absolute Gasteiger partial charge is 0.493 e. The van der Waals surface area contributed by atoms with E-state index in [0.29, 0.717) is 33.4 Å². The summed E-state index contributed by atoms with van der Waals surface area (Å²) < 4.78 is 22.5. The van der Waals surface area contributed by atoms with Crippen molar-refractivity contribution < 1.29 is 23.4 Å². The lowest BCUT2D eigenvalue weighted by atomic mass is 10.1. The maximum Gasteiger partial charge on any atom is 0.262 e. The summed E-state index contributed by atoms with van der Waals surface area (Å²) in [6.45, 7) is 1.66. The van der Waals surface area contributed by atoms with Crippen LogP contribution in [-0.2, 0) is 11.2 Å². The van der Waals surface area contributed by atoms with Gasteiger partial charge in [0.2, 0.25) is 11.2 Å². The van der Waals surface area contributed by atoms with Crippen molar-refractivity contribution in [2.24, 2.45) is 0 Å². The quantitative estimate of drug-likeness (QED) is 0.338. The summed E-state index contributed by atoms with van der Waals surface area (Å²) in [5, 5.41) is 3.39. The minimum absolute atomic E-state index is 0.108. The van der Waals surface area contributed by atoms with Crippen molar-refractivity contribution in [2.45, 2.75) is 13.3 Å². The van der Waals surface area contributed by atoms with Gasteiger partial charge in [-0.1, -0.05) is 30.7 Å². The summed E-state index contributed by atoms with van der Waals surface area (Å²) >= 11 is 6.10. The molecule has 0 saturated carbocycles. The molecule has 0 aliphatic carbocycles. The molecular weight excluding hydrogens is 470 g/mol. The van der Waals surface area contributed by atoms with E-state index in [-0.39, 0.29) is 16.9 Å². The molecule has 4 rings (SSSR count). The first-order valence-electron chi connectivity index (χ1n) is 10.9. The van der Waals surface area contributed by atoms with Crippen LogP contribution >= 0.6 is 11.6 Å². The second kappa shape index (κ2) is 10.5. The van der Waals surface area contributed by atoms with Crippen LogP contribution in [0.2, 0.25) is 5.02 Å². The molecule has 0 radical (unpaired) electrons. The molecule has 1 N–H and O–H groups in total. The molecule has 0 atom stereocenters. The van der Waals surface area contributed by atoms with Gasteiger partial charge in [-0.05, 0) is 60.5 Å². The summed E-state index contributed by atoms with van der Waals surface area (Å²) in [5.41, 5.74) is 2.19. The number of ether oxygens (including phenoxy) is 3. The number of hydrogen-bond donors (Lipinski definition) is 1. The Labute approximate surface area is 207 Å². The summed E-state index contributed by atoms with van der Waals surface area (Å²) in [6.07, 6.45) is 0.901. The van der Waals surface area contributed by atoms with Gasteiger partial charge in [0, 0.05) is 16.3 Å². The van der Waals surface area contributed by atoms with Crippen LogP contribution in [0.15, 0.2) is 69.9 Å². The van der Waals surface area contributed by atoms with Crippen LogP contribution in [0.25, 0.3) is 22.3 Å². The smallest absolute Gasteiger partial charge is 0.262 e. The Morgan fingerprint density at radius 1 is 0.971 bits per heavy atom. The molecule has 0 fully saturated rings. The first-order valence-corrected chi connectivity index (χ1v) is 11.3. The number of methoxy groups -OCH3 is 2. The van der Waals surface area contributed by atoms with Crippen molar-refractivity contribution in [3.63, 3.8) is 0 Å². The SMILES string of the molecule is CCc1ccc(NC(=O)COc2c(-c3ccc(OC)c(OC)c3)oc3ccc(Cl)cc3c2=O)cc1. The number of fused-ring (bicyclic) bond motifs is 1. The number of hydrogen-bond acceptors (Lipinski definition) is 6. The third-order valence-corrected chi connectivity index (χ3v) is 5.69. The second-order valence-electron chi connectivity index (χ2n) is 7.69. The number of rotatable bonds is 8. The minimum Gasteiger partial charge on any atom is -0.493 e. The second-order valence-corrected chi connectivity index (χ2v) is 8.12. The van der Waals surface area contributed by atoms with Crippen molar-refractivity contribution in [3.05, 3.63) is 81.5 Å². The van der Waals surface area contributed by atoms with Gasteiger partial charge in [-0.25, -0.2) is 0 Å². The minimum atomic E-state index is -0.446. The molecule has 0 bridgehead atoms. The molecule has 8 heteroatoms. The Morgan fingerprint density at radius 2 is 1.71 bits per heavy atom. The lowest BCUT2D eigenvalue weighted by molar-refractivity contribution is -0.118. The zero-order valence-corrected chi connectivity index (χ0v) is 20.3. The Balaban J connectivity index is 1.70. The van der Waals surface area contributed by atoms with Crippen molar-refractivity contribution >= 4 is 34.2 Å². The monoisotopic (exact) mass is 493 g/mol. The van der Waals surface area contributed by atoms with E-state index >= 15 is 0 Å². The van der Waals surface area contributed by atoms with Gasteiger partial charge in [-0.2, -0.15) is 0 Å². The third-order valence-electron chi connectivity index (χ3n) is 5.45.